The first-order valence-corrected chi connectivity index (χ1v) is 18.7. The summed E-state index contributed by atoms with van der Waals surface area (Å²) in [6.45, 7) is 10.1. The minimum atomic E-state index is -0.927. The number of rotatable bonds is 13. The summed E-state index contributed by atoms with van der Waals surface area (Å²) in [5.74, 6) is -1.69. The maximum Gasteiger partial charge on any atom is 0.272 e. The summed E-state index contributed by atoms with van der Waals surface area (Å²) in [5, 5.41) is 12.3. The van der Waals surface area contributed by atoms with Gasteiger partial charge in [0.15, 0.2) is 0 Å². The number of fused-ring (bicyclic) bond motifs is 1. The van der Waals surface area contributed by atoms with Gasteiger partial charge >= 0.3 is 0 Å². The van der Waals surface area contributed by atoms with Gasteiger partial charge in [-0.1, -0.05) is 66.7 Å². The molecule has 2 heterocycles. The van der Waals surface area contributed by atoms with Crippen molar-refractivity contribution in [2.24, 2.45) is 29.1 Å². The van der Waals surface area contributed by atoms with E-state index in [0.29, 0.717) is 13.0 Å². The number of amides is 5. The van der Waals surface area contributed by atoms with Crippen molar-refractivity contribution in [1.29, 1.82) is 0 Å². The van der Waals surface area contributed by atoms with Crippen LogP contribution in [0.4, 0.5) is 0 Å². The lowest BCUT2D eigenvalue weighted by Gasteiger charge is -2.38. The van der Waals surface area contributed by atoms with E-state index in [2.05, 4.69) is 31.2 Å². The summed E-state index contributed by atoms with van der Waals surface area (Å²) in [5.41, 5.74) is -0.560. The molecule has 1 saturated heterocycles. The molecule has 5 rings (SSSR count). The third-order valence-electron chi connectivity index (χ3n) is 11.2. The highest BCUT2D eigenvalue weighted by Crippen LogP contribution is 2.43. The van der Waals surface area contributed by atoms with Crippen LogP contribution in [-0.2, 0) is 19.2 Å². The normalized spacial score (nSPS) is 25.0. The van der Waals surface area contributed by atoms with Gasteiger partial charge in [-0.15, -0.1) is 0 Å². The first-order valence-electron chi connectivity index (χ1n) is 18.7. The highest BCUT2D eigenvalue weighted by molar-refractivity contribution is 5.98. The fourth-order valence-electron chi connectivity index (χ4n) is 8.18. The molecule has 1 aromatic rings. The van der Waals surface area contributed by atoms with Crippen molar-refractivity contribution in [2.75, 3.05) is 6.54 Å². The predicted molar refractivity (Wildman–Crippen MR) is 185 cm³/mol. The Morgan fingerprint density at radius 3 is 2.27 bits per heavy atom. The zero-order valence-electron chi connectivity index (χ0n) is 30.0. The van der Waals surface area contributed by atoms with Gasteiger partial charge in [0.2, 0.25) is 23.6 Å². The van der Waals surface area contributed by atoms with E-state index in [1.165, 1.54) is 18.6 Å². The number of carbonyl (C=O) groups is 5. The molecule has 49 heavy (non-hydrogen) atoms. The largest absolute Gasteiger partial charge is 0.353 e. The molecule has 0 bridgehead atoms. The van der Waals surface area contributed by atoms with Crippen LogP contribution in [0.5, 0.6) is 0 Å². The van der Waals surface area contributed by atoms with Crippen LogP contribution in [0.2, 0.25) is 0 Å². The summed E-state index contributed by atoms with van der Waals surface area (Å²) < 4.78 is 0. The van der Waals surface area contributed by atoms with E-state index in [9.17, 15) is 24.0 Å². The second kappa shape index (κ2) is 16.0. The molecule has 0 aromatic carbocycles. The Bertz CT molecular complexity index is 1340. The molecule has 3 aliphatic carbocycles. The quantitative estimate of drug-likeness (QED) is 0.248. The van der Waals surface area contributed by atoms with Crippen LogP contribution in [0.25, 0.3) is 0 Å². The van der Waals surface area contributed by atoms with Gasteiger partial charge in [0, 0.05) is 31.0 Å². The minimum Gasteiger partial charge on any atom is -0.353 e. The summed E-state index contributed by atoms with van der Waals surface area (Å²) in [4.78, 5) is 79.1. The molecule has 0 spiro atoms. The van der Waals surface area contributed by atoms with Crippen molar-refractivity contribution in [3.05, 3.63) is 24.3 Å². The molecule has 270 valence electrons. The molecule has 12 heteroatoms. The van der Waals surface area contributed by atoms with Crippen LogP contribution in [0.15, 0.2) is 18.6 Å². The highest BCUT2D eigenvalue weighted by Gasteiger charge is 2.52. The number of nitrogens with one attached hydrogen (secondary N) is 4. The first kappa shape index (κ1) is 36.7. The highest BCUT2D eigenvalue weighted by atomic mass is 16.2. The molecule has 7 atom stereocenters. The Morgan fingerprint density at radius 2 is 1.63 bits per heavy atom. The number of aromatic nitrogens is 2. The lowest BCUT2D eigenvalue weighted by atomic mass is 9.82. The van der Waals surface area contributed by atoms with Gasteiger partial charge in [-0.2, -0.15) is 0 Å². The maximum absolute atomic E-state index is 14.7. The maximum atomic E-state index is 14.7. The van der Waals surface area contributed by atoms with E-state index in [1.54, 1.807) is 4.90 Å². The molecule has 1 unspecified atom stereocenters. The zero-order valence-corrected chi connectivity index (χ0v) is 30.0. The van der Waals surface area contributed by atoms with Gasteiger partial charge in [0.1, 0.15) is 23.8 Å². The summed E-state index contributed by atoms with van der Waals surface area (Å²) >= 11 is 0. The van der Waals surface area contributed by atoms with Crippen LogP contribution in [0.1, 0.15) is 122 Å². The lowest BCUT2D eigenvalue weighted by molar-refractivity contribution is -0.145. The van der Waals surface area contributed by atoms with Crippen LogP contribution in [0, 0.1) is 29.1 Å². The molecule has 4 aliphatic rings. The lowest BCUT2D eigenvalue weighted by Crippen LogP contribution is -2.62. The van der Waals surface area contributed by atoms with Crippen molar-refractivity contribution in [2.45, 2.75) is 142 Å². The van der Waals surface area contributed by atoms with Crippen LogP contribution < -0.4 is 21.3 Å². The summed E-state index contributed by atoms with van der Waals surface area (Å²) in [7, 11) is 0. The second-order valence-corrected chi connectivity index (χ2v) is 16.0. The molecule has 3 saturated carbocycles. The standard InChI is InChI=1S/C37H57N7O5/c1-6-11-27(22(2)32(45)40-25-16-17-25)41-35(48)30-26-15-10-14-24(26)21-44(30)36(49)31(37(3,4)5)43-34(47)29(23-12-8-7-9-13-23)42-33(46)28-20-38-18-19-39-28/h18-20,22-27,29-31H,6-17,21H2,1-5H3,(H,40,45)(H,41,48)(H,42,46)(H,43,47)/t22?,24-,26-,27-,29-,30-,31+/m0/s1. The average molecular weight is 680 g/mol. The number of carbonyl (C=O) groups excluding carboxylic acids is 5. The van der Waals surface area contributed by atoms with Crippen molar-refractivity contribution in [1.82, 2.24) is 36.1 Å². The fraction of sp³-hybridized carbons (Fsp3) is 0.757. The molecular formula is C37H57N7O5. The average Bonchev–Trinajstić information content (AvgIpc) is 3.65. The number of hydrogen-bond donors (Lipinski definition) is 4. The molecule has 4 fully saturated rings. The Hall–Kier alpha value is -3.57. The van der Waals surface area contributed by atoms with Crippen molar-refractivity contribution in [3.8, 4) is 0 Å². The zero-order chi connectivity index (χ0) is 35.3. The molecular weight excluding hydrogens is 622 g/mol. The molecule has 1 aromatic heterocycles. The first-order chi connectivity index (χ1) is 23.4. The third-order valence-corrected chi connectivity index (χ3v) is 11.2. The molecule has 5 amide bonds. The Labute approximate surface area is 291 Å². The summed E-state index contributed by atoms with van der Waals surface area (Å²) in [6, 6.07) is -2.56. The third kappa shape index (κ3) is 8.97. The number of nitrogens with zero attached hydrogens (tertiary/aromatic N) is 3. The van der Waals surface area contributed by atoms with E-state index in [1.807, 2.05) is 34.6 Å². The molecule has 4 N–H and O–H groups in total. The predicted octanol–water partition coefficient (Wildman–Crippen LogP) is 3.51. The van der Waals surface area contributed by atoms with Crippen LogP contribution in [0.3, 0.4) is 0 Å². The number of likely N-dealkylation sites (tertiary alicyclic amines) is 1. The van der Waals surface area contributed by atoms with Gasteiger partial charge in [-0.05, 0) is 68.1 Å². The van der Waals surface area contributed by atoms with Gasteiger partial charge in [0.25, 0.3) is 5.91 Å². The number of hydrogen-bond acceptors (Lipinski definition) is 7. The van der Waals surface area contributed by atoms with Gasteiger partial charge in [-0.3, -0.25) is 29.0 Å². The molecule has 1 aliphatic heterocycles. The van der Waals surface area contributed by atoms with E-state index in [4.69, 9.17) is 0 Å². The van der Waals surface area contributed by atoms with Gasteiger partial charge < -0.3 is 26.2 Å². The minimum absolute atomic E-state index is 0.0272. The Balaban J connectivity index is 1.35. The van der Waals surface area contributed by atoms with E-state index in [-0.39, 0.29) is 53.3 Å². The molecule has 12 nitrogen and oxygen atoms in total. The topological polar surface area (TPSA) is 162 Å². The van der Waals surface area contributed by atoms with Crippen molar-refractivity contribution < 1.29 is 24.0 Å². The Morgan fingerprint density at radius 1 is 0.898 bits per heavy atom. The van der Waals surface area contributed by atoms with E-state index >= 15 is 0 Å². The molecule has 0 radical (unpaired) electrons. The smallest absolute Gasteiger partial charge is 0.272 e. The summed E-state index contributed by atoms with van der Waals surface area (Å²) in [6.07, 6.45) is 15.1. The van der Waals surface area contributed by atoms with Crippen LogP contribution in [-0.4, -0.2) is 81.2 Å². The fourth-order valence-corrected chi connectivity index (χ4v) is 8.18. The Kier molecular flexibility index (Phi) is 12.0. The van der Waals surface area contributed by atoms with E-state index < -0.39 is 41.3 Å². The van der Waals surface area contributed by atoms with Gasteiger partial charge in [0.05, 0.1) is 12.1 Å². The van der Waals surface area contributed by atoms with E-state index in [0.717, 1.165) is 70.6 Å². The van der Waals surface area contributed by atoms with Crippen molar-refractivity contribution in [3.63, 3.8) is 0 Å². The SMILES string of the molecule is CCC[C@H](NC(=O)[C@@H]1[C@H]2CCC[C@H]2CN1C(=O)[C@@H](NC(=O)[C@@H](NC(=O)c1cnccn1)C1CCCCC1)C(C)(C)C)C(C)C(=O)NC1CC1. The monoisotopic (exact) mass is 679 g/mol. The van der Waals surface area contributed by atoms with Crippen LogP contribution >= 0.6 is 0 Å². The van der Waals surface area contributed by atoms with Crippen molar-refractivity contribution >= 4 is 29.5 Å². The second-order valence-electron chi connectivity index (χ2n) is 16.0. The van der Waals surface area contributed by atoms with Gasteiger partial charge in [-0.25, -0.2) is 4.98 Å².